The molecule has 28 heavy (non-hydrogen) atoms. The van der Waals surface area contributed by atoms with E-state index in [1.807, 2.05) is 37.3 Å². The Morgan fingerprint density at radius 3 is 2.21 bits per heavy atom. The summed E-state index contributed by atoms with van der Waals surface area (Å²) in [4.78, 5) is 43.6. The van der Waals surface area contributed by atoms with Crippen LogP contribution in [0.3, 0.4) is 0 Å². The zero-order valence-corrected chi connectivity index (χ0v) is 15.7. The summed E-state index contributed by atoms with van der Waals surface area (Å²) >= 11 is 1.18. The largest absolute Gasteiger partial charge is 0.487 e. The molecule has 6 nitrogen and oxygen atoms in total. The molecular formula is C21H15NO5S. The van der Waals surface area contributed by atoms with Gasteiger partial charge in [-0.25, -0.2) is 4.79 Å². The van der Waals surface area contributed by atoms with E-state index in [0.29, 0.717) is 10.8 Å². The van der Waals surface area contributed by atoms with Crippen molar-refractivity contribution in [2.45, 2.75) is 13.5 Å². The number of rotatable bonds is 5. The van der Waals surface area contributed by atoms with Crippen molar-refractivity contribution in [3.05, 3.63) is 87.1 Å². The molecule has 0 aliphatic carbocycles. The lowest BCUT2D eigenvalue weighted by atomic mass is 10.1. The highest BCUT2D eigenvalue weighted by molar-refractivity contribution is 7.14. The molecule has 1 aliphatic rings. The van der Waals surface area contributed by atoms with E-state index in [0.717, 1.165) is 10.4 Å². The van der Waals surface area contributed by atoms with Crippen molar-refractivity contribution in [1.82, 2.24) is 5.06 Å². The summed E-state index contributed by atoms with van der Waals surface area (Å²) in [7, 11) is 0. The molecule has 0 N–H and O–H groups in total. The number of hydrogen-bond donors (Lipinski definition) is 0. The van der Waals surface area contributed by atoms with Crippen LogP contribution >= 0.6 is 11.3 Å². The van der Waals surface area contributed by atoms with Crippen LogP contribution in [0, 0.1) is 6.92 Å². The third kappa shape index (κ3) is 3.27. The lowest BCUT2D eigenvalue weighted by Crippen LogP contribution is -2.32. The van der Waals surface area contributed by atoms with Gasteiger partial charge in [-0.15, -0.1) is 11.3 Å². The Balaban J connectivity index is 1.52. The van der Waals surface area contributed by atoms with Crippen molar-refractivity contribution in [2.75, 3.05) is 0 Å². The first kappa shape index (κ1) is 17.9. The van der Waals surface area contributed by atoms with E-state index in [1.165, 1.54) is 23.5 Å². The fourth-order valence-electron chi connectivity index (χ4n) is 2.85. The Kier molecular flexibility index (Phi) is 4.67. The van der Waals surface area contributed by atoms with Crippen LogP contribution in [-0.4, -0.2) is 22.8 Å². The normalized spacial score (nSPS) is 12.8. The number of imide groups is 1. The number of benzene rings is 2. The zero-order valence-electron chi connectivity index (χ0n) is 14.9. The Bertz CT molecular complexity index is 1040. The highest BCUT2D eigenvalue weighted by atomic mass is 32.1. The molecule has 1 aromatic heterocycles. The summed E-state index contributed by atoms with van der Waals surface area (Å²) < 4.78 is 5.77. The molecular weight excluding hydrogens is 378 g/mol. The first-order chi connectivity index (χ1) is 13.5. The molecule has 0 spiro atoms. The standard InChI is InChI=1S/C21H15NO5S/c1-13-11-17(26-12-14-7-3-2-4-8-14)18(28-13)21(25)27-22-19(23)15-9-5-6-10-16(15)20(22)24/h2-11H,12H2,1H3. The van der Waals surface area contributed by atoms with Crippen molar-refractivity contribution in [3.63, 3.8) is 0 Å². The second-order valence-corrected chi connectivity index (χ2v) is 7.41. The Labute approximate surface area is 164 Å². The van der Waals surface area contributed by atoms with Crippen molar-refractivity contribution in [3.8, 4) is 5.75 Å². The van der Waals surface area contributed by atoms with Crippen LogP contribution in [0.4, 0.5) is 0 Å². The Hall–Kier alpha value is -3.45. The maximum Gasteiger partial charge on any atom is 0.377 e. The zero-order chi connectivity index (χ0) is 19.7. The van der Waals surface area contributed by atoms with Crippen LogP contribution in [0.1, 0.15) is 40.8 Å². The molecule has 0 saturated carbocycles. The Morgan fingerprint density at radius 2 is 1.57 bits per heavy atom. The average Bonchev–Trinajstić information content (AvgIpc) is 3.20. The molecule has 7 heteroatoms. The SMILES string of the molecule is Cc1cc(OCc2ccccc2)c(C(=O)ON2C(=O)c3ccccc3C2=O)s1. The average molecular weight is 393 g/mol. The maximum absolute atomic E-state index is 12.7. The predicted molar refractivity (Wildman–Crippen MR) is 102 cm³/mol. The fraction of sp³-hybridized carbons (Fsp3) is 0.0952. The van der Waals surface area contributed by atoms with Crippen LogP contribution in [0.5, 0.6) is 5.75 Å². The van der Waals surface area contributed by atoms with Crippen LogP contribution in [0.2, 0.25) is 0 Å². The summed E-state index contributed by atoms with van der Waals surface area (Å²) in [5.41, 5.74) is 1.37. The van der Waals surface area contributed by atoms with E-state index >= 15 is 0 Å². The van der Waals surface area contributed by atoms with E-state index in [4.69, 9.17) is 9.57 Å². The third-order valence-corrected chi connectivity index (χ3v) is 5.19. The second-order valence-electron chi connectivity index (χ2n) is 6.15. The number of ether oxygens (including phenoxy) is 1. The monoisotopic (exact) mass is 393 g/mol. The van der Waals surface area contributed by atoms with Crippen LogP contribution in [0.25, 0.3) is 0 Å². The van der Waals surface area contributed by atoms with Crippen LogP contribution in [0.15, 0.2) is 60.7 Å². The number of carbonyl (C=O) groups excluding carboxylic acids is 3. The molecule has 0 bridgehead atoms. The number of carbonyl (C=O) groups is 3. The van der Waals surface area contributed by atoms with E-state index in [-0.39, 0.29) is 22.6 Å². The van der Waals surface area contributed by atoms with Gasteiger partial charge in [-0.2, -0.15) is 0 Å². The molecule has 140 valence electrons. The van der Waals surface area contributed by atoms with Gasteiger partial charge >= 0.3 is 5.97 Å². The minimum atomic E-state index is -0.810. The quantitative estimate of drug-likeness (QED) is 0.613. The van der Waals surface area contributed by atoms with Crippen molar-refractivity contribution >= 4 is 29.1 Å². The fourth-order valence-corrected chi connectivity index (χ4v) is 3.68. The molecule has 0 atom stereocenters. The molecule has 0 radical (unpaired) electrons. The third-order valence-electron chi connectivity index (χ3n) is 4.17. The molecule has 0 unspecified atom stereocenters. The second kappa shape index (κ2) is 7.28. The summed E-state index contributed by atoms with van der Waals surface area (Å²) in [6.07, 6.45) is 0. The smallest absolute Gasteiger partial charge is 0.377 e. The van der Waals surface area contributed by atoms with Crippen molar-refractivity contribution in [2.24, 2.45) is 0 Å². The first-order valence-corrected chi connectivity index (χ1v) is 9.33. The predicted octanol–water partition coefficient (Wildman–Crippen LogP) is 4.00. The number of amides is 2. The van der Waals surface area contributed by atoms with E-state index < -0.39 is 17.8 Å². The van der Waals surface area contributed by atoms with Gasteiger partial charge in [-0.3, -0.25) is 9.59 Å². The number of hydrogen-bond acceptors (Lipinski definition) is 6. The van der Waals surface area contributed by atoms with Gasteiger partial charge in [-0.05, 0) is 30.7 Å². The first-order valence-electron chi connectivity index (χ1n) is 8.52. The van der Waals surface area contributed by atoms with Gasteiger partial charge in [0.25, 0.3) is 11.8 Å². The minimum absolute atomic E-state index is 0.199. The summed E-state index contributed by atoms with van der Waals surface area (Å²) in [5.74, 6) is -1.77. The number of hydroxylamine groups is 2. The molecule has 2 heterocycles. The molecule has 2 amide bonds. The summed E-state index contributed by atoms with van der Waals surface area (Å²) in [5, 5.41) is 0.503. The highest BCUT2D eigenvalue weighted by Crippen LogP contribution is 2.32. The highest BCUT2D eigenvalue weighted by Gasteiger charge is 2.39. The van der Waals surface area contributed by atoms with E-state index in [2.05, 4.69) is 0 Å². The minimum Gasteiger partial charge on any atom is -0.487 e. The lowest BCUT2D eigenvalue weighted by molar-refractivity contribution is -0.0583. The van der Waals surface area contributed by atoms with Gasteiger partial charge in [0.2, 0.25) is 0 Å². The van der Waals surface area contributed by atoms with E-state index in [9.17, 15) is 14.4 Å². The molecule has 0 saturated heterocycles. The molecule has 4 rings (SSSR count). The van der Waals surface area contributed by atoms with Gasteiger partial charge in [0.1, 0.15) is 12.4 Å². The Morgan fingerprint density at radius 1 is 0.964 bits per heavy atom. The topological polar surface area (TPSA) is 72.9 Å². The number of aryl methyl sites for hydroxylation is 1. The van der Waals surface area contributed by atoms with Crippen molar-refractivity contribution < 1.29 is 24.0 Å². The summed E-state index contributed by atoms with van der Waals surface area (Å²) in [6.45, 7) is 2.11. The van der Waals surface area contributed by atoms with E-state index in [1.54, 1.807) is 18.2 Å². The van der Waals surface area contributed by atoms with Crippen LogP contribution in [-0.2, 0) is 11.4 Å². The van der Waals surface area contributed by atoms with Crippen molar-refractivity contribution in [1.29, 1.82) is 0 Å². The number of fused-ring (bicyclic) bond motifs is 1. The molecule has 1 aliphatic heterocycles. The maximum atomic E-state index is 12.7. The van der Waals surface area contributed by atoms with Gasteiger partial charge in [0.15, 0.2) is 4.88 Å². The summed E-state index contributed by atoms with van der Waals surface area (Å²) in [6, 6.07) is 17.6. The molecule has 0 fully saturated rings. The lowest BCUT2D eigenvalue weighted by Gasteiger charge is -2.13. The van der Waals surface area contributed by atoms with Gasteiger partial charge < -0.3 is 9.57 Å². The number of nitrogens with zero attached hydrogens (tertiary/aromatic N) is 1. The molecule has 2 aromatic carbocycles. The van der Waals surface area contributed by atoms with Gasteiger partial charge in [0, 0.05) is 4.88 Å². The molecule has 3 aromatic rings. The van der Waals surface area contributed by atoms with Gasteiger partial charge in [-0.1, -0.05) is 47.5 Å². The number of thiophene rings is 1. The van der Waals surface area contributed by atoms with Crippen LogP contribution < -0.4 is 4.74 Å². The van der Waals surface area contributed by atoms with Gasteiger partial charge in [0.05, 0.1) is 11.1 Å².